The molecule has 1 aliphatic heterocycles. The summed E-state index contributed by atoms with van der Waals surface area (Å²) in [4.78, 5) is 28.2. The zero-order valence-corrected chi connectivity index (χ0v) is 15.3. The summed E-state index contributed by atoms with van der Waals surface area (Å²) in [5.41, 5.74) is 7.36. The van der Waals surface area contributed by atoms with Crippen LogP contribution in [0, 0.1) is 5.92 Å². The van der Waals surface area contributed by atoms with Crippen molar-refractivity contribution in [1.29, 1.82) is 0 Å². The van der Waals surface area contributed by atoms with Crippen molar-refractivity contribution in [3.63, 3.8) is 0 Å². The van der Waals surface area contributed by atoms with E-state index in [1.54, 1.807) is 4.90 Å². The molecule has 0 unspecified atom stereocenters. The highest BCUT2D eigenvalue weighted by molar-refractivity contribution is 5.97. The van der Waals surface area contributed by atoms with Crippen LogP contribution in [0.2, 0.25) is 0 Å². The first-order valence-electron chi connectivity index (χ1n) is 9.28. The van der Waals surface area contributed by atoms with Gasteiger partial charge in [-0.3, -0.25) is 14.5 Å². The minimum Gasteiger partial charge on any atom is -0.370 e. The number of anilines is 2. The first-order chi connectivity index (χ1) is 12.6. The van der Waals surface area contributed by atoms with Gasteiger partial charge in [0.1, 0.15) is 12.6 Å². The number of amides is 2. The molecule has 0 bridgehead atoms. The van der Waals surface area contributed by atoms with Gasteiger partial charge in [0.15, 0.2) is 0 Å². The van der Waals surface area contributed by atoms with Crippen LogP contribution in [0.25, 0.3) is 0 Å². The van der Waals surface area contributed by atoms with Gasteiger partial charge in [-0.25, -0.2) is 0 Å². The van der Waals surface area contributed by atoms with Crippen LogP contribution in [0.4, 0.5) is 11.4 Å². The minimum absolute atomic E-state index is 0.0474. The number of carbonyl (C=O) groups excluding carboxylic acids is 2. The van der Waals surface area contributed by atoms with E-state index in [0.717, 1.165) is 12.2 Å². The number of rotatable bonds is 7. The molecule has 1 heterocycles. The van der Waals surface area contributed by atoms with Crippen molar-refractivity contribution in [2.45, 2.75) is 25.3 Å². The number of nitrogens with one attached hydrogen (secondary N) is 1. The van der Waals surface area contributed by atoms with E-state index >= 15 is 0 Å². The summed E-state index contributed by atoms with van der Waals surface area (Å²) in [6.07, 6.45) is 3.77. The molecule has 1 aliphatic carbocycles. The molecule has 1 saturated heterocycles. The second kappa shape index (κ2) is 8.62. The van der Waals surface area contributed by atoms with E-state index in [9.17, 15) is 9.59 Å². The Kier molecular flexibility index (Phi) is 6.24. The van der Waals surface area contributed by atoms with Gasteiger partial charge < -0.3 is 20.7 Å². The molecule has 7 nitrogen and oxygen atoms in total. The van der Waals surface area contributed by atoms with Crippen molar-refractivity contribution in [3.8, 4) is 0 Å². The first-order valence-corrected chi connectivity index (χ1v) is 9.28. The lowest BCUT2D eigenvalue weighted by molar-refractivity contribution is -0.125. The molecule has 1 aromatic carbocycles. The smallest absolute Gasteiger partial charge is 0.253 e. The average Bonchev–Trinajstić information content (AvgIpc) is 2.60. The van der Waals surface area contributed by atoms with E-state index in [1.165, 1.54) is 19.3 Å². The van der Waals surface area contributed by atoms with Crippen LogP contribution in [0.3, 0.4) is 0 Å². The van der Waals surface area contributed by atoms with E-state index in [0.29, 0.717) is 24.8 Å². The van der Waals surface area contributed by atoms with E-state index in [1.807, 2.05) is 31.3 Å². The number of likely N-dealkylation sites (N-methyl/N-ethyl adjacent to an activating group) is 1. The lowest BCUT2D eigenvalue weighted by Crippen LogP contribution is -2.48. The largest absolute Gasteiger partial charge is 0.370 e. The summed E-state index contributed by atoms with van der Waals surface area (Å²) in [7, 11) is 1.96. The lowest BCUT2D eigenvalue weighted by atomic mass is 9.85. The number of nitrogens with zero attached hydrogens (tertiary/aromatic N) is 2. The van der Waals surface area contributed by atoms with Crippen LogP contribution in [-0.4, -0.2) is 62.7 Å². The molecule has 1 atom stereocenters. The average molecular weight is 360 g/mol. The monoisotopic (exact) mass is 360 g/mol. The number of ether oxygens (including phenoxy) is 1. The second-order valence-corrected chi connectivity index (χ2v) is 7.12. The number of hydrogen-bond donors (Lipinski definition) is 2. The molecule has 3 rings (SSSR count). The molecule has 2 fully saturated rings. The van der Waals surface area contributed by atoms with Crippen molar-refractivity contribution in [1.82, 2.24) is 4.90 Å². The summed E-state index contributed by atoms with van der Waals surface area (Å²) in [6, 6.07) is 6.98. The van der Waals surface area contributed by atoms with Gasteiger partial charge >= 0.3 is 0 Å². The standard InChI is InChI=1S/C19H28N4O3/c1-22(12-14-3-2-4-14)17(11-20)19(25)21-15-5-7-16(8-6-15)23-9-10-26-13-18(23)24/h5-8,14,17H,2-4,9-13,20H2,1H3,(H,21,25)/t17-/m0/s1. The zero-order chi connectivity index (χ0) is 18.5. The Morgan fingerprint density at radius 2 is 2.12 bits per heavy atom. The normalized spacial score (nSPS) is 19.3. The number of carbonyl (C=O) groups is 2. The van der Waals surface area contributed by atoms with Crippen molar-refractivity contribution >= 4 is 23.2 Å². The molecule has 1 saturated carbocycles. The van der Waals surface area contributed by atoms with Crippen LogP contribution in [0.5, 0.6) is 0 Å². The van der Waals surface area contributed by atoms with E-state index in [2.05, 4.69) is 10.2 Å². The van der Waals surface area contributed by atoms with Gasteiger partial charge in [0.2, 0.25) is 5.91 Å². The minimum atomic E-state index is -0.337. The number of nitrogens with two attached hydrogens (primary N) is 1. The molecule has 7 heteroatoms. The van der Waals surface area contributed by atoms with Crippen molar-refractivity contribution in [2.75, 3.05) is 50.1 Å². The fourth-order valence-electron chi connectivity index (χ4n) is 3.44. The van der Waals surface area contributed by atoms with Gasteiger partial charge in [-0.15, -0.1) is 0 Å². The summed E-state index contributed by atoms with van der Waals surface area (Å²) in [6.45, 7) is 2.40. The molecule has 0 aromatic heterocycles. The Morgan fingerprint density at radius 1 is 1.38 bits per heavy atom. The zero-order valence-electron chi connectivity index (χ0n) is 15.3. The molecule has 0 spiro atoms. The fraction of sp³-hybridized carbons (Fsp3) is 0.579. The van der Waals surface area contributed by atoms with Crippen molar-refractivity contribution < 1.29 is 14.3 Å². The number of hydrogen-bond acceptors (Lipinski definition) is 5. The maximum absolute atomic E-state index is 12.6. The summed E-state index contributed by atoms with van der Waals surface area (Å²) in [5.74, 6) is 0.547. The van der Waals surface area contributed by atoms with Gasteiger partial charge in [0, 0.05) is 31.0 Å². The van der Waals surface area contributed by atoms with Crippen LogP contribution < -0.4 is 16.0 Å². The van der Waals surface area contributed by atoms with E-state index < -0.39 is 0 Å². The highest BCUT2D eigenvalue weighted by atomic mass is 16.5. The highest BCUT2D eigenvalue weighted by Gasteiger charge is 2.27. The predicted molar refractivity (Wildman–Crippen MR) is 101 cm³/mol. The third-order valence-electron chi connectivity index (χ3n) is 5.26. The topological polar surface area (TPSA) is 87.9 Å². The third kappa shape index (κ3) is 4.41. The van der Waals surface area contributed by atoms with Gasteiger partial charge in [-0.1, -0.05) is 6.42 Å². The molecule has 3 N–H and O–H groups in total. The Balaban J connectivity index is 1.58. The van der Waals surface area contributed by atoms with Crippen molar-refractivity contribution in [3.05, 3.63) is 24.3 Å². The summed E-state index contributed by atoms with van der Waals surface area (Å²) >= 11 is 0. The SMILES string of the molecule is CN(CC1CCC1)[C@@H](CN)C(=O)Nc1ccc(N2CCOCC2=O)cc1. The lowest BCUT2D eigenvalue weighted by Gasteiger charge is -2.33. The van der Waals surface area contributed by atoms with Crippen molar-refractivity contribution in [2.24, 2.45) is 11.7 Å². The van der Waals surface area contributed by atoms with Gasteiger partial charge in [0.25, 0.3) is 5.91 Å². The highest BCUT2D eigenvalue weighted by Crippen LogP contribution is 2.27. The van der Waals surface area contributed by atoms with Gasteiger partial charge in [-0.05, 0) is 50.1 Å². The molecule has 0 radical (unpaired) electrons. The maximum atomic E-state index is 12.6. The first kappa shape index (κ1) is 18.8. The fourth-order valence-corrected chi connectivity index (χ4v) is 3.44. The molecule has 142 valence electrons. The summed E-state index contributed by atoms with van der Waals surface area (Å²) in [5, 5.41) is 2.94. The van der Waals surface area contributed by atoms with E-state index in [-0.39, 0.29) is 31.0 Å². The van der Waals surface area contributed by atoms with E-state index in [4.69, 9.17) is 10.5 Å². The summed E-state index contributed by atoms with van der Waals surface area (Å²) < 4.78 is 5.15. The van der Waals surface area contributed by atoms with Crippen LogP contribution >= 0.6 is 0 Å². The number of morpholine rings is 1. The molecule has 2 aliphatic rings. The molecular weight excluding hydrogens is 332 g/mol. The van der Waals surface area contributed by atoms with Gasteiger partial charge in [0.05, 0.1) is 6.61 Å². The Bertz CT molecular complexity index is 630. The van der Waals surface area contributed by atoms with Crippen LogP contribution in [0.15, 0.2) is 24.3 Å². The maximum Gasteiger partial charge on any atom is 0.253 e. The molecule has 26 heavy (non-hydrogen) atoms. The van der Waals surface area contributed by atoms with Crippen LogP contribution in [-0.2, 0) is 14.3 Å². The Labute approximate surface area is 154 Å². The number of benzene rings is 1. The predicted octanol–water partition coefficient (Wildman–Crippen LogP) is 1.05. The Morgan fingerprint density at radius 3 is 2.69 bits per heavy atom. The Hall–Kier alpha value is -1.96. The van der Waals surface area contributed by atoms with Gasteiger partial charge in [-0.2, -0.15) is 0 Å². The molecular formula is C19H28N4O3. The quantitative estimate of drug-likeness (QED) is 0.759. The third-order valence-corrected chi connectivity index (χ3v) is 5.26. The molecule has 1 aromatic rings. The second-order valence-electron chi connectivity index (χ2n) is 7.12. The van der Waals surface area contributed by atoms with Crippen LogP contribution in [0.1, 0.15) is 19.3 Å². The molecule has 2 amide bonds.